The van der Waals surface area contributed by atoms with E-state index in [4.69, 9.17) is 10.5 Å². The molecule has 1 heterocycles. The SMILES string of the molecule is CS(=O)(=O)N1CC(C(N)=O)Oc2ccccc21. The van der Waals surface area contributed by atoms with Gasteiger partial charge in [-0.05, 0) is 12.1 Å². The Balaban J connectivity index is 2.50. The number of nitrogens with zero attached hydrogens (tertiary/aromatic N) is 1. The number of anilines is 1. The van der Waals surface area contributed by atoms with E-state index in [1.54, 1.807) is 24.3 Å². The number of carbonyl (C=O) groups excluding carboxylic acids is 1. The van der Waals surface area contributed by atoms with Crippen molar-refractivity contribution in [3.05, 3.63) is 24.3 Å². The molecule has 2 rings (SSSR count). The summed E-state index contributed by atoms with van der Waals surface area (Å²) in [5.74, 6) is -0.346. The topological polar surface area (TPSA) is 89.7 Å². The van der Waals surface area contributed by atoms with Crippen molar-refractivity contribution >= 4 is 21.6 Å². The van der Waals surface area contributed by atoms with Crippen molar-refractivity contribution in [2.45, 2.75) is 6.10 Å². The number of fused-ring (bicyclic) bond motifs is 1. The van der Waals surface area contributed by atoms with Crippen molar-refractivity contribution in [3.8, 4) is 5.75 Å². The highest BCUT2D eigenvalue weighted by Gasteiger charge is 2.33. The minimum absolute atomic E-state index is 0.0921. The number of para-hydroxylation sites is 2. The van der Waals surface area contributed by atoms with E-state index in [9.17, 15) is 13.2 Å². The monoisotopic (exact) mass is 256 g/mol. The van der Waals surface area contributed by atoms with Gasteiger partial charge in [-0.2, -0.15) is 0 Å². The third-order valence-corrected chi connectivity index (χ3v) is 3.60. The zero-order chi connectivity index (χ0) is 12.6. The van der Waals surface area contributed by atoms with Crippen LogP contribution in [0.3, 0.4) is 0 Å². The Kier molecular flexibility index (Phi) is 2.70. The molecule has 7 heteroatoms. The van der Waals surface area contributed by atoms with Crippen LogP contribution in [0.25, 0.3) is 0 Å². The van der Waals surface area contributed by atoms with E-state index in [-0.39, 0.29) is 6.54 Å². The van der Waals surface area contributed by atoms with Crippen LogP contribution in [0.1, 0.15) is 0 Å². The summed E-state index contributed by atoms with van der Waals surface area (Å²) >= 11 is 0. The molecule has 1 amide bonds. The maximum absolute atomic E-state index is 11.6. The lowest BCUT2D eigenvalue weighted by Crippen LogP contribution is -2.48. The van der Waals surface area contributed by atoms with E-state index in [2.05, 4.69) is 0 Å². The molecule has 6 nitrogen and oxygen atoms in total. The summed E-state index contributed by atoms with van der Waals surface area (Å²) in [4.78, 5) is 11.1. The fraction of sp³-hybridized carbons (Fsp3) is 0.300. The lowest BCUT2D eigenvalue weighted by atomic mass is 10.2. The first-order valence-electron chi connectivity index (χ1n) is 4.92. The highest BCUT2D eigenvalue weighted by Crippen LogP contribution is 2.34. The minimum atomic E-state index is -3.46. The van der Waals surface area contributed by atoms with Gasteiger partial charge in [0, 0.05) is 0 Å². The molecule has 92 valence electrons. The molecule has 1 aromatic carbocycles. The maximum Gasteiger partial charge on any atom is 0.260 e. The average Bonchev–Trinajstić information content (AvgIpc) is 2.26. The van der Waals surface area contributed by atoms with Gasteiger partial charge in [0.05, 0.1) is 18.5 Å². The number of sulfonamides is 1. The van der Waals surface area contributed by atoms with Crippen LogP contribution in [-0.2, 0) is 14.8 Å². The van der Waals surface area contributed by atoms with E-state index in [1.807, 2.05) is 0 Å². The van der Waals surface area contributed by atoms with Gasteiger partial charge in [-0.25, -0.2) is 8.42 Å². The number of hydrogen-bond donors (Lipinski definition) is 1. The summed E-state index contributed by atoms with van der Waals surface area (Å²) in [6.07, 6.45) is 0.118. The molecule has 1 atom stereocenters. The van der Waals surface area contributed by atoms with Crippen molar-refractivity contribution in [1.82, 2.24) is 0 Å². The zero-order valence-corrected chi connectivity index (χ0v) is 9.98. The lowest BCUT2D eigenvalue weighted by Gasteiger charge is -2.33. The van der Waals surface area contributed by atoms with Crippen molar-refractivity contribution in [2.75, 3.05) is 17.1 Å². The molecular weight excluding hydrogens is 244 g/mol. The number of primary amides is 1. The number of hydrogen-bond acceptors (Lipinski definition) is 4. The van der Waals surface area contributed by atoms with E-state index < -0.39 is 22.0 Å². The Bertz CT molecular complexity index is 555. The van der Waals surface area contributed by atoms with Crippen LogP contribution in [-0.4, -0.2) is 33.2 Å². The number of nitrogens with two attached hydrogens (primary N) is 1. The zero-order valence-electron chi connectivity index (χ0n) is 9.16. The highest BCUT2D eigenvalue weighted by atomic mass is 32.2. The molecule has 0 radical (unpaired) electrons. The molecule has 0 bridgehead atoms. The van der Waals surface area contributed by atoms with E-state index in [0.717, 1.165) is 10.6 Å². The first kappa shape index (κ1) is 11.7. The van der Waals surface area contributed by atoms with Crippen LogP contribution in [0, 0.1) is 0 Å². The number of ether oxygens (including phenoxy) is 1. The van der Waals surface area contributed by atoms with Gasteiger partial charge in [-0.3, -0.25) is 9.10 Å². The molecule has 0 aromatic heterocycles. The van der Waals surface area contributed by atoms with Gasteiger partial charge in [-0.1, -0.05) is 12.1 Å². The van der Waals surface area contributed by atoms with Gasteiger partial charge in [-0.15, -0.1) is 0 Å². The van der Waals surface area contributed by atoms with Gasteiger partial charge in [0.1, 0.15) is 5.75 Å². The van der Waals surface area contributed by atoms with Crippen LogP contribution in [0.2, 0.25) is 0 Å². The third-order valence-electron chi connectivity index (χ3n) is 2.45. The summed E-state index contributed by atoms with van der Waals surface area (Å²) in [6, 6.07) is 6.61. The van der Waals surface area contributed by atoms with Crippen LogP contribution in [0.15, 0.2) is 24.3 Å². The minimum Gasteiger partial charge on any atom is -0.476 e. The molecule has 0 fully saturated rings. The number of rotatable bonds is 2. The first-order valence-corrected chi connectivity index (χ1v) is 6.77. The fourth-order valence-electron chi connectivity index (χ4n) is 1.66. The highest BCUT2D eigenvalue weighted by molar-refractivity contribution is 7.92. The predicted molar refractivity (Wildman–Crippen MR) is 62.2 cm³/mol. The molecule has 0 saturated heterocycles. The van der Waals surface area contributed by atoms with Crippen LogP contribution in [0.5, 0.6) is 5.75 Å². The Labute approximate surface area is 99.0 Å². The molecule has 0 saturated carbocycles. The van der Waals surface area contributed by atoms with Crippen LogP contribution in [0.4, 0.5) is 5.69 Å². The Morgan fingerprint density at radius 2 is 2.12 bits per heavy atom. The Morgan fingerprint density at radius 3 is 2.71 bits per heavy atom. The van der Waals surface area contributed by atoms with Crippen LogP contribution < -0.4 is 14.8 Å². The number of amides is 1. The van der Waals surface area contributed by atoms with Crippen molar-refractivity contribution in [2.24, 2.45) is 5.73 Å². The number of carbonyl (C=O) groups is 1. The van der Waals surface area contributed by atoms with E-state index in [1.165, 1.54) is 0 Å². The summed E-state index contributed by atoms with van der Waals surface area (Å²) < 4.78 is 29.7. The van der Waals surface area contributed by atoms with Gasteiger partial charge in [0.25, 0.3) is 5.91 Å². The largest absolute Gasteiger partial charge is 0.476 e. The Morgan fingerprint density at radius 1 is 1.47 bits per heavy atom. The van der Waals surface area contributed by atoms with Crippen molar-refractivity contribution < 1.29 is 17.9 Å². The Hall–Kier alpha value is -1.76. The van der Waals surface area contributed by atoms with Crippen molar-refractivity contribution in [1.29, 1.82) is 0 Å². The number of benzene rings is 1. The van der Waals surface area contributed by atoms with Gasteiger partial charge < -0.3 is 10.5 Å². The second-order valence-corrected chi connectivity index (χ2v) is 5.68. The van der Waals surface area contributed by atoms with Gasteiger partial charge in [0.2, 0.25) is 10.0 Å². The van der Waals surface area contributed by atoms with Gasteiger partial charge in [0.15, 0.2) is 6.10 Å². The molecule has 1 unspecified atom stereocenters. The van der Waals surface area contributed by atoms with Crippen LogP contribution >= 0.6 is 0 Å². The molecule has 2 N–H and O–H groups in total. The maximum atomic E-state index is 11.6. The quantitative estimate of drug-likeness (QED) is 0.786. The molecule has 17 heavy (non-hydrogen) atoms. The fourth-order valence-corrected chi connectivity index (χ4v) is 2.58. The summed E-state index contributed by atoms with van der Waals surface area (Å²) in [6.45, 7) is -0.0921. The van der Waals surface area contributed by atoms with Crippen molar-refractivity contribution in [3.63, 3.8) is 0 Å². The third kappa shape index (κ3) is 2.19. The smallest absolute Gasteiger partial charge is 0.260 e. The summed E-state index contributed by atoms with van der Waals surface area (Å²) in [5.41, 5.74) is 5.57. The first-order chi connectivity index (χ1) is 7.89. The molecule has 1 aliphatic rings. The second kappa shape index (κ2) is 3.92. The molecular formula is C10H12N2O4S. The second-order valence-electron chi connectivity index (χ2n) is 3.77. The summed E-state index contributed by atoms with van der Waals surface area (Å²) in [5, 5.41) is 0. The normalized spacial score (nSPS) is 19.4. The van der Waals surface area contributed by atoms with E-state index >= 15 is 0 Å². The molecule has 0 aliphatic carbocycles. The summed E-state index contributed by atoms with van der Waals surface area (Å²) in [7, 11) is -3.46. The molecule has 1 aliphatic heterocycles. The van der Waals surface area contributed by atoms with E-state index in [0.29, 0.717) is 11.4 Å². The average molecular weight is 256 g/mol. The van der Waals surface area contributed by atoms with Gasteiger partial charge >= 0.3 is 0 Å². The lowest BCUT2D eigenvalue weighted by molar-refractivity contribution is -0.124. The molecule has 0 spiro atoms. The predicted octanol–water partition coefficient (Wildman–Crippen LogP) is -0.301. The standard InChI is InChI=1S/C10H12N2O4S/c1-17(14,15)12-6-9(10(11)13)16-8-5-3-2-4-7(8)12/h2-5,9H,6H2,1H3,(H2,11,13). The molecule has 1 aromatic rings.